The molecule has 2 fully saturated rings. The molecule has 2 N–H and O–H groups in total. The fraction of sp³-hybridized carbons (Fsp3) is 0.455. The zero-order chi connectivity index (χ0) is 17.2. The minimum absolute atomic E-state index is 0.0236. The van der Waals surface area contributed by atoms with Gasteiger partial charge in [-0.2, -0.15) is 0 Å². The molecule has 1 aliphatic carbocycles. The maximum Gasteiger partial charge on any atom is 0.0928 e. The smallest absolute Gasteiger partial charge is 0.0928 e. The van der Waals surface area contributed by atoms with Crippen molar-refractivity contribution in [3.63, 3.8) is 0 Å². The molecule has 0 spiro atoms. The topological polar surface area (TPSA) is 41.5 Å². The van der Waals surface area contributed by atoms with Crippen molar-refractivity contribution in [3.05, 3.63) is 59.2 Å². The third kappa shape index (κ3) is 2.23. The summed E-state index contributed by atoms with van der Waals surface area (Å²) in [4.78, 5) is 0. The van der Waals surface area contributed by atoms with Crippen LogP contribution in [0.4, 0.5) is 0 Å². The van der Waals surface area contributed by atoms with Crippen LogP contribution in [0.5, 0.6) is 0 Å². The van der Waals surface area contributed by atoms with Crippen LogP contribution in [0, 0.1) is 0 Å². The number of hydrogen-bond acceptors (Lipinski definition) is 3. The van der Waals surface area contributed by atoms with Gasteiger partial charge >= 0.3 is 0 Å². The summed E-state index contributed by atoms with van der Waals surface area (Å²) in [5, 5.41) is 15.0. The van der Waals surface area contributed by atoms with Crippen molar-refractivity contribution in [2.45, 2.75) is 49.8 Å². The first-order valence-electron chi connectivity index (χ1n) is 9.28. The molecular formula is C22H25NO2. The van der Waals surface area contributed by atoms with E-state index in [1.165, 1.54) is 22.3 Å². The number of ether oxygens (including phenoxy) is 1. The highest BCUT2D eigenvalue weighted by molar-refractivity contribution is 5.81. The molecule has 5 rings (SSSR count). The first kappa shape index (κ1) is 15.6. The Labute approximate surface area is 149 Å². The van der Waals surface area contributed by atoms with Crippen LogP contribution in [0.3, 0.4) is 0 Å². The Balaban J connectivity index is 1.59. The van der Waals surface area contributed by atoms with Crippen LogP contribution < -0.4 is 5.32 Å². The largest absolute Gasteiger partial charge is 0.385 e. The van der Waals surface area contributed by atoms with Crippen LogP contribution in [-0.4, -0.2) is 30.4 Å². The molecule has 0 amide bonds. The lowest BCUT2D eigenvalue weighted by Gasteiger charge is -2.45. The van der Waals surface area contributed by atoms with Crippen molar-refractivity contribution >= 4 is 0 Å². The third-order valence-corrected chi connectivity index (χ3v) is 6.40. The summed E-state index contributed by atoms with van der Waals surface area (Å²) in [7, 11) is 0. The van der Waals surface area contributed by atoms with Gasteiger partial charge in [-0.05, 0) is 40.7 Å². The van der Waals surface area contributed by atoms with E-state index in [-0.39, 0.29) is 17.5 Å². The number of aliphatic hydroxyl groups is 1. The maximum atomic E-state index is 11.5. The van der Waals surface area contributed by atoms with E-state index in [4.69, 9.17) is 4.74 Å². The monoisotopic (exact) mass is 335 g/mol. The second-order valence-electron chi connectivity index (χ2n) is 8.47. The number of morpholine rings is 1. The Morgan fingerprint density at radius 1 is 0.960 bits per heavy atom. The van der Waals surface area contributed by atoms with Crippen molar-refractivity contribution in [2.24, 2.45) is 0 Å². The van der Waals surface area contributed by atoms with E-state index in [2.05, 4.69) is 61.6 Å². The van der Waals surface area contributed by atoms with Crippen LogP contribution in [0.1, 0.15) is 43.4 Å². The molecule has 2 saturated heterocycles. The van der Waals surface area contributed by atoms with Crippen molar-refractivity contribution in [1.29, 1.82) is 0 Å². The molecule has 2 heterocycles. The summed E-state index contributed by atoms with van der Waals surface area (Å²) in [5.41, 5.74) is 5.63. The van der Waals surface area contributed by atoms with Crippen LogP contribution in [0.15, 0.2) is 42.5 Å². The molecule has 2 aliphatic heterocycles. The molecule has 0 radical (unpaired) electrons. The average Bonchev–Trinajstić information content (AvgIpc) is 2.83. The van der Waals surface area contributed by atoms with Gasteiger partial charge in [0.15, 0.2) is 0 Å². The van der Waals surface area contributed by atoms with E-state index in [0.29, 0.717) is 13.2 Å². The average molecular weight is 335 g/mol. The summed E-state index contributed by atoms with van der Waals surface area (Å²) in [6.07, 6.45) is 1.44. The molecule has 2 aromatic rings. The zero-order valence-corrected chi connectivity index (χ0v) is 14.9. The highest BCUT2D eigenvalue weighted by Crippen LogP contribution is 2.50. The molecule has 0 saturated carbocycles. The molecule has 2 bridgehead atoms. The summed E-state index contributed by atoms with van der Waals surface area (Å²) < 4.78 is 5.64. The first-order chi connectivity index (χ1) is 12.0. The zero-order valence-electron chi connectivity index (χ0n) is 14.9. The minimum atomic E-state index is -0.760. The quantitative estimate of drug-likeness (QED) is 0.840. The third-order valence-electron chi connectivity index (χ3n) is 6.40. The van der Waals surface area contributed by atoms with Gasteiger partial charge in [-0.3, -0.25) is 0 Å². The standard InChI is InChI=1S/C22H25NO2/c1-21(2)19-6-4-3-5-17(19)18-8-7-14(9-20(18)21)22(24)10-15-12-25-13-16(11-22)23-15/h3-9,15-16,23-24H,10-13H2,1-2H3. The summed E-state index contributed by atoms with van der Waals surface area (Å²) >= 11 is 0. The molecule has 2 aromatic carbocycles. The van der Waals surface area contributed by atoms with Crippen LogP contribution in [0.25, 0.3) is 11.1 Å². The van der Waals surface area contributed by atoms with Gasteiger partial charge in [0.2, 0.25) is 0 Å². The Morgan fingerprint density at radius 3 is 2.40 bits per heavy atom. The lowest BCUT2D eigenvalue weighted by Crippen LogP contribution is -2.58. The second kappa shape index (κ2) is 5.16. The van der Waals surface area contributed by atoms with E-state index in [9.17, 15) is 5.11 Å². The van der Waals surface area contributed by atoms with Crippen molar-refractivity contribution in [3.8, 4) is 11.1 Å². The molecule has 3 nitrogen and oxygen atoms in total. The maximum absolute atomic E-state index is 11.5. The predicted molar refractivity (Wildman–Crippen MR) is 98.7 cm³/mol. The van der Waals surface area contributed by atoms with E-state index >= 15 is 0 Å². The Hall–Kier alpha value is -1.68. The van der Waals surface area contributed by atoms with Gasteiger partial charge in [-0.1, -0.05) is 56.3 Å². The second-order valence-corrected chi connectivity index (χ2v) is 8.47. The van der Waals surface area contributed by atoms with Gasteiger partial charge in [-0.15, -0.1) is 0 Å². The van der Waals surface area contributed by atoms with Crippen molar-refractivity contribution in [2.75, 3.05) is 13.2 Å². The highest BCUT2D eigenvalue weighted by Gasteiger charge is 2.44. The van der Waals surface area contributed by atoms with E-state index in [1.807, 2.05) is 0 Å². The van der Waals surface area contributed by atoms with Crippen LogP contribution >= 0.6 is 0 Å². The van der Waals surface area contributed by atoms with E-state index in [0.717, 1.165) is 18.4 Å². The summed E-state index contributed by atoms with van der Waals surface area (Å²) in [6, 6.07) is 15.8. The van der Waals surface area contributed by atoms with Gasteiger partial charge in [0.25, 0.3) is 0 Å². The molecule has 130 valence electrons. The predicted octanol–water partition coefficient (Wildman–Crippen LogP) is 3.33. The van der Waals surface area contributed by atoms with Gasteiger partial charge in [0.1, 0.15) is 0 Å². The van der Waals surface area contributed by atoms with E-state index < -0.39 is 5.60 Å². The number of hydrogen-bond donors (Lipinski definition) is 2. The van der Waals surface area contributed by atoms with E-state index in [1.54, 1.807) is 0 Å². The number of fused-ring (bicyclic) bond motifs is 5. The molecule has 2 unspecified atom stereocenters. The lowest BCUT2D eigenvalue weighted by molar-refractivity contribution is -0.0802. The molecule has 2 atom stereocenters. The Bertz CT molecular complexity index is 830. The van der Waals surface area contributed by atoms with Gasteiger partial charge in [0, 0.05) is 17.5 Å². The number of piperidine rings is 1. The fourth-order valence-corrected chi connectivity index (χ4v) is 5.15. The summed E-state index contributed by atoms with van der Waals surface area (Å²) in [5.74, 6) is 0. The van der Waals surface area contributed by atoms with Crippen molar-refractivity contribution in [1.82, 2.24) is 5.32 Å². The molecule has 3 aliphatic rings. The lowest BCUT2D eigenvalue weighted by atomic mass is 9.75. The SMILES string of the molecule is CC1(C)c2ccccc2-c2ccc(C3(O)CC4COCC(C3)N4)cc21. The summed E-state index contributed by atoms with van der Waals surface area (Å²) in [6.45, 7) is 5.97. The minimum Gasteiger partial charge on any atom is -0.385 e. The first-order valence-corrected chi connectivity index (χ1v) is 9.28. The Morgan fingerprint density at radius 2 is 1.64 bits per heavy atom. The van der Waals surface area contributed by atoms with Gasteiger partial charge < -0.3 is 15.2 Å². The van der Waals surface area contributed by atoms with Gasteiger partial charge in [0.05, 0.1) is 18.8 Å². The molecule has 0 aromatic heterocycles. The van der Waals surface area contributed by atoms with Gasteiger partial charge in [-0.25, -0.2) is 0 Å². The number of benzene rings is 2. The Kier molecular flexibility index (Phi) is 3.22. The van der Waals surface area contributed by atoms with Crippen LogP contribution in [-0.2, 0) is 15.8 Å². The number of rotatable bonds is 1. The number of nitrogens with one attached hydrogen (secondary N) is 1. The fourth-order valence-electron chi connectivity index (χ4n) is 5.15. The van der Waals surface area contributed by atoms with Crippen molar-refractivity contribution < 1.29 is 9.84 Å². The normalized spacial score (nSPS) is 32.1. The molecule has 3 heteroatoms. The van der Waals surface area contributed by atoms with Crippen LogP contribution in [0.2, 0.25) is 0 Å². The molecule has 25 heavy (non-hydrogen) atoms. The molecular weight excluding hydrogens is 310 g/mol. The highest BCUT2D eigenvalue weighted by atomic mass is 16.5.